The van der Waals surface area contributed by atoms with Gasteiger partial charge in [-0.25, -0.2) is 4.79 Å². The minimum Gasteiger partial charge on any atom is -0.324 e. The normalized spacial score (nSPS) is 13.3. The molecule has 80 valence electrons. The van der Waals surface area contributed by atoms with E-state index < -0.39 is 0 Å². The topological polar surface area (TPSA) is 74.7 Å². The first-order chi connectivity index (χ1) is 7.11. The summed E-state index contributed by atoms with van der Waals surface area (Å²) in [6.07, 6.45) is 0.860. The zero-order chi connectivity index (χ0) is 11.0. The Labute approximate surface area is 95.0 Å². The van der Waals surface area contributed by atoms with E-state index in [1.807, 2.05) is 19.1 Å². The van der Waals surface area contributed by atoms with Crippen LogP contribution in [-0.2, 0) is 0 Å². The molecular formula is C10H12BrN3O. The van der Waals surface area contributed by atoms with E-state index >= 15 is 0 Å². The maximum Gasteiger partial charge on any atom is 0.323 e. The van der Waals surface area contributed by atoms with Gasteiger partial charge < -0.3 is 15.7 Å². The molecule has 0 aliphatic rings. The lowest BCUT2D eigenvalue weighted by molar-refractivity contribution is 0.696. The number of aromatic amines is 2. The van der Waals surface area contributed by atoms with Crippen molar-refractivity contribution in [2.45, 2.75) is 19.4 Å². The SMILES string of the molecule is CC[C@H](N)c1cc2[nH]c(=O)[nH]c2cc1Br. The maximum atomic E-state index is 11.1. The van der Waals surface area contributed by atoms with Crippen LogP contribution in [0.25, 0.3) is 11.0 Å². The third-order valence-corrected chi connectivity index (χ3v) is 3.16. The average molecular weight is 270 g/mol. The molecule has 0 aliphatic carbocycles. The van der Waals surface area contributed by atoms with Crippen molar-refractivity contribution in [3.8, 4) is 0 Å². The van der Waals surface area contributed by atoms with Gasteiger partial charge in [0.2, 0.25) is 0 Å². The van der Waals surface area contributed by atoms with E-state index in [4.69, 9.17) is 5.73 Å². The minimum atomic E-state index is -0.195. The van der Waals surface area contributed by atoms with Crippen LogP contribution >= 0.6 is 15.9 Å². The van der Waals surface area contributed by atoms with E-state index in [2.05, 4.69) is 25.9 Å². The van der Waals surface area contributed by atoms with Crippen molar-refractivity contribution in [3.05, 3.63) is 32.7 Å². The molecule has 15 heavy (non-hydrogen) atoms. The van der Waals surface area contributed by atoms with Crippen molar-refractivity contribution in [1.82, 2.24) is 9.97 Å². The van der Waals surface area contributed by atoms with Crippen molar-refractivity contribution >= 4 is 27.0 Å². The zero-order valence-electron chi connectivity index (χ0n) is 8.30. The van der Waals surface area contributed by atoms with Crippen LogP contribution in [0.4, 0.5) is 0 Å². The number of aromatic nitrogens is 2. The van der Waals surface area contributed by atoms with Crippen LogP contribution in [0.1, 0.15) is 24.9 Å². The maximum absolute atomic E-state index is 11.1. The summed E-state index contributed by atoms with van der Waals surface area (Å²) in [6, 6.07) is 3.77. The van der Waals surface area contributed by atoms with Gasteiger partial charge in [0.15, 0.2) is 0 Å². The van der Waals surface area contributed by atoms with Gasteiger partial charge in [-0.15, -0.1) is 0 Å². The van der Waals surface area contributed by atoms with Gasteiger partial charge in [0.1, 0.15) is 0 Å². The van der Waals surface area contributed by atoms with E-state index in [1.54, 1.807) is 0 Å². The van der Waals surface area contributed by atoms with Gasteiger partial charge in [0.25, 0.3) is 0 Å². The number of benzene rings is 1. The number of imidazole rings is 1. The summed E-state index contributed by atoms with van der Waals surface area (Å²) in [4.78, 5) is 16.5. The van der Waals surface area contributed by atoms with Crippen LogP contribution in [0.3, 0.4) is 0 Å². The molecule has 4 nitrogen and oxygen atoms in total. The van der Waals surface area contributed by atoms with Gasteiger partial charge in [0.05, 0.1) is 11.0 Å². The molecule has 1 aromatic heterocycles. The van der Waals surface area contributed by atoms with Crippen molar-refractivity contribution in [3.63, 3.8) is 0 Å². The highest BCUT2D eigenvalue weighted by atomic mass is 79.9. The molecule has 0 radical (unpaired) electrons. The number of halogens is 1. The summed E-state index contributed by atoms with van der Waals surface area (Å²) < 4.78 is 0.930. The molecular weight excluding hydrogens is 258 g/mol. The van der Waals surface area contributed by atoms with E-state index in [9.17, 15) is 4.79 Å². The van der Waals surface area contributed by atoms with Crippen LogP contribution in [-0.4, -0.2) is 9.97 Å². The lowest BCUT2D eigenvalue weighted by atomic mass is 10.1. The second-order valence-corrected chi connectivity index (χ2v) is 4.37. The van der Waals surface area contributed by atoms with Gasteiger partial charge in [-0.05, 0) is 24.1 Å². The molecule has 0 spiro atoms. The fourth-order valence-electron chi connectivity index (χ4n) is 1.58. The van der Waals surface area contributed by atoms with E-state index in [0.29, 0.717) is 0 Å². The Hall–Kier alpha value is -1.07. The fourth-order valence-corrected chi connectivity index (χ4v) is 2.21. The lowest BCUT2D eigenvalue weighted by Crippen LogP contribution is -2.09. The molecule has 1 aromatic carbocycles. The van der Waals surface area contributed by atoms with Crippen molar-refractivity contribution in [2.24, 2.45) is 5.73 Å². The standard InChI is InChI=1S/C10H12BrN3O/c1-2-7(12)5-3-8-9(4-6(5)11)14-10(15)13-8/h3-4,7H,2,12H2,1H3,(H2,13,14,15)/t7-/m0/s1. The van der Waals surface area contributed by atoms with E-state index in [-0.39, 0.29) is 11.7 Å². The number of nitrogens with two attached hydrogens (primary N) is 1. The number of nitrogens with one attached hydrogen (secondary N) is 2. The minimum absolute atomic E-state index is 0.0119. The Morgan fingerprint density at radius 2 is 2.00 bits per heavy atom. The first-order valence-corrected chi connectivity index (χ1v) is 5.58. The van der Waals surface area contributed by atoms with Crippen LogP contribution in [0.15, 0.2) is 21.4 Å². The summed E-state index contributed by atoms with van der Waals surface area (Å²) in [5, 5.41) is 0. The predicted octanol–water partition coefficient (Wildman–Crippen LogP) is 2.03. The second kappa shape index (κ2) is 3.83. The van der Waals surface area contributed by atoms with E-state index in [1.165, 1.54) is 0 Å². The molecule has 0 saturated heterocycles. The monoisotopic (exact) mass is 269 g/mol. The predicted molar refractivity (Wildman–Crippen MR) is 63.8 cm³/mol. The largest absolute Gasteiger partial charge is 0.324 e. The summed E-state index contributed by atoms with van der Waals surface area (Å²) >= 11 is 3.45. The molecule has 0 saturated carbocycles. The van der Waals surface area contributed by atoms with Crippen LogP contribution < -0.4 is 11.4 Å². The Kier molecular flexibility index (Phi) is 2.67. The van der Waals surface area contributed by atoms with Gasteiger partial charge in [-0.3, -0.25) is 0 Å². The van der Waals surface area contributed by atoms with Gasteiger partial charge in [0, 0.05) is 10.5 Å². The number of rotatable bonds is 2. The summed E-state index contributed by atoms with van der Waals surface area (Å²) in [5.41, 5.74) is 8.36. The molecule has 0 bridgehead atoms. The van der Waals surface area contributed by atoms with Gasteiger partial charge >= 0.3 is 5.69 Å². The highest BCUT2D eigenvalue weighted by Crippen LogP contribution is 2.27. The number of fused-ring (bicyclic) bond motifs is 1. The molecule has 0 aliphatic heterocycles. The van der Waals surface area contributed by atoms with Crippen molar-refractivity contribution in [1.29, 1.82) is 0 Å². The highest BCUT2D eigenvalue weighted by molar-refractivity contribution is 9.10. The fraction of sp³-hybridized carbons (Fsp3) is 0.300. The summed E-state index contributed by atoms with van der Waals surface area (Å²) in [5.74, 6) is 0. The zero-order valence-corrected chi connectivity index (χ0v) is 9.89. The second-order valence-electron chi connectivity index (χ2n) is 3.51. The number of hydrogen-bond acceptors (Lipinski definition) is 2. The smallest absolute Gasteiger partial charge is 0.323 e. The van der Waals surface area contributed by atoms with Crippen LogP contribution in [0.5, 0.6) is 0 Å². The quantitative estimate of drug-likeness (QED) is 0.781. The summed E-state index contributed by atoms with van der Waals surface area (Å²) in [7, 11) is 0. The number of H-pyrrole nitrogens is 2. The molecule has 0 unspecified atom stereocenters. The Morgan fingerprint density at radius 3 is 2.60 bits per heavy atom. The Balaban J connectivity index is 2.66. The Bertz CT molecular complexity index is 543. The molecule has 2 aromatic rings. The lowest BCUT2D eigenvalue weighted by Gasteiger charge is -2.11. The molecule has 1 heterocycles. The Morgan fingerprint density at radius 1 is 1.40 bits per heavy atom. The van der Waals surface area contributed by atoms with Gasteiger partial charge in [-0.2, -0.15) is 0 Å². The first kappa shape index (κ1) is 10.4. The first-order valence-electron chi connectivity index (χ1n) is 4.79. The molecule has 2 rings (SSSR count). The van der Waals surface area contributed by atoms with Gasteiger partial charge in [-0.1, -0.05) is 22.9 Å². The highest BCUT2D eigenvalue weighted by Gasteiger charge is 2.10. The van der Waals surface area contributed by atoms with Crippen LogP contribution in [0, 0.1) is 0 Å². The third-order valence-electron chi connectivity index (χ3n) is 2.47. The molecule has 4 N–H and O–H groups in total. The summed E-state index contributed by atoms with van der Waals surface area (Å²) in [6.45, 7) is 2.03. The third kappa shape index (κ3) is 1.85. The molecule has 5 heteroatoms. The average Bonchev–Trinajstić information content (AvgIpc) is 2.55. The molecule has 0 amide bonds. The van der Waals surface area contributed by atoms with Crippen molar-refractivity contribution in [2.75, 3.05) is 0 Å². The molecule has 0 fully saturated rings. The van der Waals surface area contributed by atoms with Crippen LogP contribution in [0.2, 0.25) is 0 Å². The van der Waals surface area contributed by atoms with Crippen molar-refractivity contribution < 1.29 is 0 Å². The number of hydrogen-bond donors (Lipinski definition) is 3. The molecule has 1 atom stereocenters. The van der Waals surface area contributed by atoms with E-state index in [0.717, 1.165) is 27.5 Å².